The molecule has 35 heavy (non-hydrogen) atoms. The maximum atomic E-state index is 10.0. The summed E-state index contributed by atoms with van der Waals surface area (Å²) < 4.78 is 24.2. The molecule has 10 heteroatoms. The second-order valence-electron chi connectivity index (χ2n) is 8.98. The quantitative estimate of drug-likeness (QED) is 0.529. The van der Waals surface area contributed by atoms with Gasteiger partial charge in [0.2, 0.25) is 5.88 Å². The van der Waals surface area contributed by atoms with Crippen molar-refractivity contribution in [1.82, 2.24) is 4.68 Å². The Bertz CT molecular complexity index is 1300. The van der Waals surface area contributed by atoms with E-state index < -0.39 is 24.4 Å². The van der Waals surface area contributed by atoms with Crippen LogP contribution in [0, 0.1) is 11.3 Å². The highest BCUT2D eigenvalue weighted by atomic mass is 35.5. The molecule has 3 aliphatic heterocycles. The summed E-state index contributed by atoms with van der Waals surface area (Å²) in [6.45, 7) is 3.60. The molecule has 2 aromatic carbocycles. The molecule has 4 heterocycles. The Morgan fingerprint density at radius 1 is 1.09 bits per heavy atom. The number of nitriles is 1. The van der Waals surface area contributed by atoms with Gasteiger partial charge in [-0.25, -0.2) is 4.68 Å². The van der Waals surface area contributed by atoms with Crippen LogP contribution < -0.4 is 15.5 Å². The number of rotatable bonds is 4. The minimum atomic E-state index is -0.691. The SMILES string of the molecule is N#Cc1c(O[C@@H]2COC3C2OC[C@H]3O)n(N)c2cc(Cl)c(-c3ccc(N4CCOCC4)cc3)cc12. The summed E-state index contributed by atoms with van der Waals surface area (Å²) in [6.07, 6.45) is -2.04. The molecular weight excluding hydrogens is 472 g/mol. The molecule has 0 amide bonds. The molecule has 1 aromatic heterocycles. The smallest absolute Gasteiger partial charge is 0.232 e. The first-order chi connectivity index (χ1) is 17.0. The molecule has 0 bridgehead atoms. The monoisotopic (exact) mass is 496 g/mol. The van der Waals surface area contributed by atoms with Gasteiger partial charge in [-0.15, -0.1) is 0 Å². The summed E-state index contributed by atoms with van der Waals surface area (Å²) in [7, 11) is 0. The van der Waals surface area contributed by atoms with Gasteiger partial charge >= 0.3 is 0 Å². The second-order valence-corrected chi connectivity index (χ2v) is 9.38. The average molecular weight is 497 g/mol. The van der Waals surface area contributed by atoms with Crippen LogP contribution >= 0.6 is 11.6 Å². The van der Waals surface area contributed by atoms with Gasteiger partial charge in [-0.3, -0.25) is 0 Å². The Morgan fingerprint density at radius 3 is 2.57 bits per heavy atom. The first kappa shape index (κ1) is 22.5. The van der Waals surface area contributed by atoms with Crippen LogP contribution in [0.15, 0.2) is 36.4 Å². The van der Waals surface area contributed by atoms with Gasteiger partial charge < -0.3 is 34.8 Å². The molecule has 3 aromatic rings. The van der Waals surface area contributed by atoms with E-state index in [4.69, 9.17) is 36.4 Å². The van der Waals surface area contributed by atoms with Crippen molar-refractivity contribution in [2.24, 2.45) is 0 Å². The maximum Gasteiger partial charge on any atom is 0.232 e. The van der Waals surface area contributed by atoms with Crippen LogP contribution in [0.5, 0.6) is 5.88 Å². The average Bonchev–Trinajstić information content (AvgIpc) is 3.54. The van der Waals surface area contributed by atoms with E-state index in [9.17, 15) is 10.4 Å². The predicted molar refractivity (Wildman–Crippen MR) is 130 cm³/mol. The Hall–Kier alpha value is -3.00. The molecule has 2 unspecified atom stereocenters. The zero-order valence-electron chi connectivity index (χ0n) is 18.9. The summed E-state index contributed by atoms with van der Waals surface area (Å²) in [5.41, 5.74) is 3.76. The van der Waals surface area contributed by atoms with Crippen molar-refractivity contribution >= 4 is 28.2 Å². The molecule has 0 spiro atoms. The molecule has 9 nitrogen and oxygen atoms in total. The summed E-state index contributed by atoms with van der Waals surface area (Å²) >= 11 is 6.67. The summed E-state index contributed by atoms with van der Waals surface area (Å²) in [4.78, 5) is 2.29. The maximum absolute atomic E-state index is 10.0. The Labute approximate surface area is 207 Å². The Morgan fingerprint density at radius 2 is 1.83 bits per heavy atom. The zero-order valence-corrected chi connectivity index (χ0v) is 19.6. The molecule has 6 rings (SSSR count). The third-order valence-corrected chi connectivity index (χ3v) is 7.27. The van der Waals surface area contributed by atoms with Crippen LogP contribution in [0.25, 0.3) is 22.0 Å². The van der Waals surface area contributed by atoms with E-state index in [0.717, 1.165) is 43.1 Å². The zero-order chi connectivity index (χ0) is 24.1. The molecular formula is C25H25ClN4O5. The van der Waals surface area contributed by atoms with Gasteiger partial charge in [0.15, 0.2) is 6.10 Å². The first-order valence-corrected chi connectivity index (χ1v) is 12.0. The van der Waals surface area contributed by atoms with Crippen LogP contribution in [-0.4, -0.2) is 73.7 Å². The summed E-state index contributed by atoms with van der Waals surface area (Å²) in [6, 6.07) is 14.1. The molecule has 0 saturated carbocycles. The molecule has 0 radical (unpaired) electrons. The van der Waals surface area contributed by atoms with E-state index >= 15 is 0 Å². The van der Waals surface area contributed by atoms with Gasteiger partial charge in [-0.05, 0) is 29.8 Å². The number of aliphatic hydroxyl groups is 1. The lowest BCUT2D eigenvalue weighted by atomic mass is 10.0. The number of nitrogen functional groups attached to an aromatic ring is 1. The van der Waals surface area contributed by atoms with E-state index in [1.54, 1.807) is 6.07 Å². The normalized spacial score (nSPS) is 26.1. The molecule has 182 valence electrons. The van der Waals surface area contributed by atoms with Crippen molar-refractivity contribution in [3.63, 3.8) is 0 Å². The second kappa shape index (κ2) is 8.90. The van der Waals surface area contributed by atoms with Gasteiger partial charge in [0.05, 0.1) is 37.0 Å². The van der Waals surface area contributed by atoms with E-state index in [1.165, 1.54) is 4.68 Å². The van der Waals surface area contributed by atoms with Crippen molar-refractivity contribution in [3.05, 3.63) is 47.0 Å². The number of fused-ring (bicyclic) bond motifs is 2. The molecule has 3 aliphatic rings. The number of hydrogen-bond acceptors (Lipinski definition) is 8. The molecule has 0 aliphatic carbocycles. The number of aromatic nitrogens is 1. The third-order valence-electron chi connectivity index (χ3n) is 6.96. The number of nitrogens with two attached hydrogens (primary N) is 1. The summed E-state index contributed by atoms with van der Waals surface area (Å²) in [5.74, 6) is 6.57. The topological polar surface area (TPSA) is 115 Å². The van der Waals surface area contributed by atoms with Crippen molar-refractivity contribution < 1.29 is 24.1 Å². The fraction of sp³-hybridized carbons (Fsp3) is 0.400. The molecule has 3 saturated heterocycles. The van der Waals surface area contributed by atoms with Crippen molar-refractivity contribution in [1.29, 1.82) is 5.26 Å². The Kier molecular flexibility index (Phi) is 5.71. The van der Waals surface area contributed by atoms with Gasteiger partial charge in [-0.1, -0.05) is 23.7 Å². The lowest BCUT2D eigenvalue weighted by molar-refractivity contribution is 0.00738. The standard InChI is InChI=1S/C25H25ClN4O5/c26-19-10-20-17(9-16(19)14-1-3-15(4-2-14)29-5-7-32-8-6-29)18(11-27)25(30(20)28)35-22-13-34-23-21(31)12-33-24(22)23/h1-4,9-10,21-24,31H,5-8,12-13,28H2/t21-,22-,23?,24?/m1/s1. The predicted octanol–water partition coefficient (Wildman–Crippen LogP) is 2.29. The van der Waals surface area contributed by atoms with E-state index in [-0.39, 0.29) is 19.1 Å². The number of hydrogen-bond donors (Lipinski definition) is 2. The number of benzene rings is 2. The van der Waals surface area contributed by atoms with Crippen LogP contribution in [-0.2, 0) is 14.2 Å². The largest absolute Gasteiger partial charge is 0.468 e. The van der Waals surface area contributed by atoms with Gasteiger partial charge in [0.25, 0.3) is 0 Å². The third kappa shape index (κ3) is 3.78. The Balaban J connectivity index is 1.34. The van der Waals surface area contributed by atoms with Crippen LogP contribution in [0.3, 0.4) is 0 Å². The fourth-order valence-electron chi connectivity index (χ4n) is 5.11. The van der Waals surface area contributed by atoms with Crippen LogP contribution in [0.4, 0.5) is 5.69 Å². The van der Waals surface area contributed by atoms with Crippen molar-refractivity contribution in [2.45, 2.75) is 24.4 Å². The number of ether oxygens (including phenoxy) is 4. The van der Waals surface area contributed by atoms with Crippen molar-refractivity contribution in [3.8, 4) is 23.1 Å². The highest BCUT2D eigenvalue weighted by Crippen LogP contribution is 2.39. The van der Waals surface area contributed by atoms with Gasteiger partial charge in [0, 0.05) is 29.7 Å². The van der Waals surface area contributed by atoms with E-state index in [1.807, 2.05) is 18.2 Å². The number of aliphatic hydroxyl groups excluding tert-OH is 1. The number of nitrogens with zero attached hydrogens (tertiary/aromatic N) is 3. The van der Waals surface area contributed by atoms with Crippen LogP contribution in [0.1, 0.15) is 5.56 Å². The lowest BCUT2D eigenvalue weighted by Gasteiger charge is -2.29. The lowest BCUT2D eigenvalue weighted by Crippen LogP contribution is -2.36. The number of morpholine rings is 1. The van der Waals surface area contributed by atoms with Crippen molar-refractivity contribution in [2.75, 3.05) is 50.3 Å². The fourth-order valence-corrected chi connectivity index (χ4v) is 5.38. The molecule has 3 fully saturated rings. The highest BCUT2D eigenvalue weighted by molar-refractivity contribution is 6.34. The number of halogens is 1. The molecule has 4 atom stereocenters. The minimum absolute atomic E-state index is 0.190. The molecule has 3 N–H and O–H groups in total. The van der Waals surface area contributed by atoms with E-state index in [0.29, 0.717) is 21.5 Å². The van der Waals surface area contributed by atoms with Gasteiger partial charge in [-0.2, -0.15) is 5.26 Å². The summed E-state index contributed by atoms with van der Waals surface area (Å²) in [5, 5.41) is 21.2. The minimum Gasteiger partial charge on any atom is -0.468 e. The first-order valence-electron chi connectivity index (χ1n) is 11.6. The number of anilines is 1. The highest BCUT2D eigenvalue weighted by Gasteiger charge is 2.49. The van der Waals surface area contributed by atoms with E-state index in [2.05, 4.69) is 23.1 Å². The van der Waals surface area contributed by atoms with Crippen LogP contribution in [0.2, 0.25) is 5.02 Å². The van der Waals surface area contributed by atoms with Gasteiger partial charge in [0.1, 0.15) is 29.9 Å².